The molecular formula is C34H32Si. The van der Waals surface area contributed by atoms with Crippen molar-refractivity contribution in [2.24, 2.45) is 0 Å². The summed E-state index contributed by atoms with van der Waals surface area (Å²) in [6.45, 7) is 4.60. The van der Waals surface area contributed by atoms with Gasteiger partial charge in [-0.1, -0.05) is 109 Å². The van der Waals surface area contributed by atoms with E-state index in [1.54, 1.807) is 11.1 Å². The van der Waals surface area contributed by atoms with E-state index in [1.807, 2.05) is 0 Å². The van der Waals surface area contributed by atoms with Crippen molar-refractivity contribution in [3.05, 3.63) is 154 Å². The van der Waals surface area contributed by atoms with Crippen LogP contribution in [0.5, 0.6) is 0 Å². The number of rotatable bonds is 6. The average Bonchev–Trinajstić information content (AvgIpc) is 3.43. The van der Waals surface area contributed by atoms with Gasteiger partial charge in [0.1, 0.15) is 0 Å². The fourth-order valence-corrected chi connectivity index (χ4v) is 8.10. The maximum atomic E-state index is 2.47. The SMILES string of the molecule is CC1=CC(c2ccccc2)c2cccc(C[SiH2]Cc3cccc4c3C(C)=CC4c3ccccc3)c21. The van der Waals surface area contributed by atoms with Crippen LogP contribution in [-0.2, 0) is 12.1 Å². The van der Waals surface area contributed by atoms with E-state index in [0.717, 1.165) is 0 Å². The summed E-state index contributed by atoms with van der Waals surface area (Å²) in [6, 6.07) is 38.4. The first-order valence-corrected chi connectivity index (χ1v) is 14.9. The van der Waals surface area contributed by atoms with E-state index in [4.69, 9.17) is 0 Å². The molecule has 0 heterocycles. The fourth-order valence-electron chi connectivity index (χ4n) is 6.32. The van der Waals surface area contributed by atoms with Crippen molar-refractivity contribution in [3.8, 4) is 0 Å². The summed E-state index contributed by atoms with van der Waals surface area (Å²) >= 11 is 0. The van der Waals surface area contributed by atoms with Gasteiger partial charge in [-0.25, -0.2) is 0 Å². The third-order valence-corrected chi connectivity index (χ3v) is 9.65. The van der Waals surface area contributed by atoms with Gasteiger partial charge in [0.15, 0.2) is 0 Å². The van der Waals surface area contributed by atoms with E-state index < -0.39 is 0 Å². The Bertz CT molecular complexity index is 1320. The zero-order chi connectivity index (χ0) is 23.8. The fraction of sp³-hybridized carbons (Fsp3) is 0.176. The van der Waals surface area contributed by atoms with Gasteiger partial charge in [0, 0.05) is 21.4 Å². The van der Waals surface area contributed by atoms with Gasteiger partial charge in [-0.15, -0.1) is 0 Å². The zero-order valence-corrected chi connectivity index (χ0v) is 22.1. The highest BCUT2D eigenvalue weighted by Gasteiger charge is 2.26. The maximum Gasteiger partial charge on any atom is 0.0297 e. The number of allylic oxidation sites excluding steroid dienone is 4. The van der Waals surface area contributed by atoms with Gasteiger partial charge >= 0.3 is 0 Å². The van der Waals surface area contributed by atoms with Crippen LogP contribution < -0.4 is 0 Å². The quantitative estimate of drug-likeness (QED) is 0.255. The van der Waals surface area contributed by atoms with E-state index >= 15 is 0 Å². The number of hydrogen-bond donors (Lipinski definition) is 0. The monoisotopic (exact) mass is 468 g/mol. The van der Waals surface area contributed by atoms with Gasteiger partial charge in [0.2, 0.25) is 0 Å². The summed E-state index contributed by atoms with van der Waals surface area (Å²) in [5, 5.41) is 0. The van der Waals surface area contributed by atoms with Crippen LogP contribution in [0.15, 0.2) is 109 Å². The van der Waals surface area contributed by atoms with Crippen molar-refractivity contribution in [1.29, 1.82) is 0 Å². The summed E-state index contributed by atoms with van der Waals surface area (Å²) in [5.74, 6) is 0.792. The minimum absolute atomic E-state index is 0.282. The first-order chi connectivity index (χ1) is 17.2. The molecule has 0 nitrogen and oxygen atoms in total. The highest BCUT2D eigenvalue weighted by molar-refractivity contribution is 6.34. The van der Waals surface area contributed by atoms with Crippen molar-refractivity contribution >= 4 is 20.7 Å². The lowest BCUT2D eigenvalue weighted by Gasteiger charge is -2.16. The van der Waals surface area contributed by atoms with Crippen molar-refractivity contribution in [2.45, 2.75) is 37.8 Å². The molecule has 2 aliphatic rings. The molecule has 0 amide bonds. The van der Waals surface area contributed by atoms with Crippen molar-refractivity contribution in [1.82, 2.24) is 0 Å². The maximum absolute atomic E-state index is 2.47. The Kier molecular flexibility index (Phi) is 5.88. The third-order valence-electron chi connectivity index (χ3n) is 7.87. The molecule has 0 N–H and O–H groups in total. The second-order valence-corrected chi connectivity index (χ2v) is 11.8. The van der Waals surface area contributed by atoms with Gasteiger partial charge in [-0.05, 0) is 81.6 Å². The van der Waals surface area contributed by atoms with Crippen LogP contribution in [-0.4, -0.2) is 9.52 Å². The molecule has 1 heteroatoms. The van der Waals surface area contributed by atoms with Crippen LogP contribution in [0.3, 0.4) is 0 Å². The summed E-state index contributed by atoms with van der Waals surface area (Å²) in [7, 11) is -0.282. The lowest BCUT2D eigenvalue weighted by atomic mass is 9.91. The molecular weight excluding hydrogens is 436 g/mol. The first kappa shape index (κ1) is 22.1. The molecule has 4 aromatic carbocycles. The van der Waals surface area contributed by atoms with Crippen LogP contribution in [0.4, 0.5) is 0 Å². The molecule has 2 aliphatic carbocycles. The van der Waals surface area contributed by atoms with Crippen molar-refractivity contribution in [3.63, 3.8) is 0 Å². The molecule has 0 aliphatic heterocycles. The van der Waals surface area contributed by atoms with Crippen LogP contribution in [0.1, 0.15) is 70.2 Å². The number of fused-ring (bicyclic) bond motifs is 2. The largest absolute Gasteiger partial charge is 0.0691 e. The Balaban J connectivity index is 1.23. The standard InChI is InChI=1S/C34H32Si/c1-23-19-31(25-11-5-3-6-12-25)29-17-9-15-27(33(23)29)21-35-22-28-16-10-18-30-32(20-24(2)34(28)30)26-13-7-4-8-14-26/h3-20,31-32H,21-22,35H2,1-2H3. The van der Waals surface area contributed by atoms with Gasteiger partial charge in [-0.3, -0.25) is 0 Å². The van der Waals surface area contributed by atoms with Gasteiger partial charge in [0.25, 0.3) is 0 Å². The Hall–Kier alpha value is -3.42. The number of hydrogen-bond acceptors (Lipinski definition) is 0. The van der Waals surface area contributed by atoms with Crippen molar-refractivity contribution < 1.29 is 0 Å². The average molecular weight is 469 g/mol. The first-order valence-electron chi connectivity index (χ1n) is 12.9. The Morgan fingerprint density at radius 2 is 0.943 bits per heavy atom. The summed E-state index contributed by atoms with van der Waals surface area (Å²) in [5.41, 5.74) is 14.8. The lowest BCUT2D eigenvalue weighted by Crippen LogP contribution is -2.07. The molecule has 2 unspecified atom stereocenters. The second kappa shape index (κ2) is 9.32. The van der Waals surface area contributed by atoms with E-state index in [-0.39, 0.29) is 9.52 Å². The smallest absolute Gasteiger partial charge is 0.0297 e. The molecule has 0 bridgehead atoms. The topological polar surface area (TPSA) is 0 Å². The molecule has 0 saturated heterocycles. The summed E-state index contributed by atoms with van der Waals surface area (Å²) < 4.78 is 0. The highest BCUT2D eigenvalue weighted by Crippen LogP contribution is 2.43. The van der Waals surface area contributed by atoms with Crippen LogP contribution in [0.2, 0.25) is 0 Å². The molecule has 0 aromatic heterocycles. The molecule has 0 saturated carbocycles. The summed E-state index contributed by atoms with van der Waals surface area (Å²) in [6.07, 6.45) is 4.93. The Labute approximate surface area is 211 Å². The van der Waals surface area contributed by atoms with Crippen LogP contribution in [0, 0.1) is 0 Å². The summed E-state index contributed by atoms with van der Waals surface area (Å²) in [4.78, 5) is 0. The minimum Gasteiger partial charge on any atom is -0.0691 e. The lowest BCUT2D eigenvalue weighted by molar-refractivity contribution is 1.04. The minimum atomic E-state index is -0.282. The zero-order valence-electron chi connectivity index (χ0n) is 20.7. The van der Waals surface area contributed by atoms with Crippen molar-refractivity contribution in [2.75, 3.05) is 0 Å². The molecule has 0 spiro atoms. The predicted octanol–water partition coefficient (Wildman–Crippen LogP) is 7.65. The van der Waals surface area contributed by atoms with Gasteiger partial charge < -0.3 is 0 Å². The molecule has 6 rings (SSSR count). The van der Waals surface area contributed by atoms with E-state index in [1.165, 1.54) is 56.6 Å². The molecule has 0 fully saturated rings. The van der Waals surface area contributed by atoms with Gasteiger partial charge in [-0.2, -0.15) is 0 Å². The van der Waals surface area contributed by atoms with E-state index in [2.05, 4.69) is 123 Å². The molecule has 35 heavy (non-hydrogen) atoms. The highest BCUT2D eigenvalue weighted by atomic mass is 28.2. The normalized spacial score (nSPS) is 18.5. The predicted molar refractivity (Wildman–Crippen MR) is 153 cm³/mol. The number of benzene rings is 4. The van der Waals surface area contributed by atoms with Gasteiger partial charge in [0.05, 0.1) is 0 Å². The molecule has 0 radical (unpaired) electrons. The second-order valence-electron chi connectivity index (χ2n) is 10.1. The molecule has 172 valence electrons. The van der Waals surface area contributed by atoms with E-state index in [9.17, 15) is 0 Å². The molecule has 2 atom stereocenters. The van der Waals surface area contributed by atoms with E-state index in [0.29, 0.717) is 11.8 Å². The Morgan fingerprint density at radius 3 is 1.37 bits per heavy atom. The molecule has 4 aromatic rings. The Morgan fingerprint density at radius 1 is 0.514 bits per heavy atom. The third kappa shape index (κ3) is 4.04. The van der Waals surface area contributed by atoms with Crippen LogP contribution in [0.25, 0.3) is 11.1 Å². The van der Waals surface area contributed by atoms with Crippen LogP contribution >= 0.6 is 0 Å².